The number of rotatable bonds is 4. The molecule has 4 nitrogen and oxygen atoms in total. The first-order chi connectivity index (χ1) is 9.12. The molecule has 0 saturated heterocycles. The lowest BCUT2D eigenvalue weighted by molar-refractivity contribution is -0.139. The zero-order valence-corrected chi connectivity index (χ0v) is 10.4. The van der Waals surface area contributed by atoms with E-state index in [-0.39, 0.29) is 12.6 Å². The number of hydrogen-bond acceptors (Lipinski definition) is 2. The quantitative estimate of drug-likeness (QED) is 0.867. The van der Waals surface area contributed by atoms with E-state index in [1.54, 1.807) is 0 Å². The van der Waals surface area contributed by atoms with Crippen LogP contribution in [0.25, 0.3) is 0 Å². The van der Waals surface area contributed by atoms with Crippen LogP contribution in [0.1, 0.15) is 22.3 Å². The molecule has 0 spiro atoms. The molecular formula is C12H11F4NO3. The van der Waals surface area contributed by atoms with E-state index in [4.69, 9.17) is 5.11 Å². The largest absolute Gasteiger partial charge is 0.481 e. The van der Waals surface area contributed by atoms with Gasteiger partial charge in [0.05, 0.1) is 17.5 Å². The second-order valence-electron chi connectivity index (χ2n) is 4.06. The van der Waals surface area contributed by atoms with Gasteiger partial charge in [-0.1, -0.05) is 0 Å². The van der Waals surface area contributed by atoms with Gasteiger partial charge in [-0.3, -0.25) is 9.59 Å². The van der Waals surface area contributed by atoms with Crippen molar-refractivity contribution in [2.75, 3.05) is 13.6 Å². The van der Waals surface area contributed by atoms with Crippen LogP contribution in [0.15, 0.2) is 18.2 Å². The molecule has 0 aliphatic heterocycles. The third-order valence-electron chi connectivity index (χ3n) is 2.53. The summed E-state index contributed by atoms with van der Waals surface area (Å²) in [5, 5.41) is 8.47. The molecule has 1 aromatic carbocycles. The Balaban J connectivity index is 3.07. The van der Waals surface area contributed by atoms with Crippen molar-refractivity contribution in [1.29, 1.82) is 0 Å². The summed E-state index contributed by atoms with van der Waals surface area (Å²) >= 11 is 0. The van der Waals surface area contributed by atoms with Gasteiger partial charge in [0, 0.05) is 13.6 Å². The average molecular weight is 293 g/mol. The van der Waals surface area contributed by atoms with Gasteiger partial charge in [-0.25, -0.2) is 4.39 Å². The van der Waals surface area contributed by atoms with Gasteiger partial charge < -0.3 is 10.0 Å². The molecule has 0 unspecified atom stereocenters. The van der Waals surface area contributed by atoms with Crippen LogP contribution in [0.4, 0.5) is 17.6 Å². The van der Waals surface area contributed by atoms with Crippen LogP contribution in [0, 0.1) is 5.82 Å². The third kappa shape index (κ3) is 3.94. The van der Waals surface area contributed by atoms with Crippen molar-refractivity contribution >= 4 is 11.9 Å². The fourth-order valence-corrected chi connectivity index (χ4v) is 1.51. The van der Waals surface area contributed by atoms with Gasteiger partial charge in [-0.15, -0.1) is 0 Å². The predicted molar refractivity (Wildman–Crippen MR) is 60.6 cm³/mol. The maximum absolute atomic E-state index is 12.9. The highest BCUT2D eigenvalue weighted by atomic mass is 19.4. The number of halogens is 4. The van der Waals surface area contributed by atoms with Crippen LogP contribution >= 0.6 is 0 Å². The molecule has 0 aliphatic rings. The van der Waals surface area contributed by atoms with E-state index >= 15 is 0 Å². The number of nitrogens with zero attached hydrogens (tertiary/aromatic N) is 1. The first kappa shape index (κ1) is 15.9. The summed E-state index contributed by atoms with van der Waals surface area (Å²) in [6, 6.07) is 1.71. The van der Waals surface area contributed by atoms with Gasteiger partial charge in [-0.05, 0) is 18.2 Å². The lowest BCUT2D eigenvalue weighted by atomic mass is 10.1. The summed E-state index contributed by atoms with van der Waals surface area (Å²) in [7, 11) is 1.18. The zero-order chi connectivity index (χ0) is 15.5. The van der Waals surface area contributed by atoms with Crippen LogP contribution in [0.3, 0.4) is 0 Å². The topological polar surface area (TPSA) is 57.6 Å². The maximum atomic E-state index is 12.9. The highest BCUT2D eigenvalue weighted by molar-refractivity contribution is 5.95. The summed E-state index contributed by atoms with van der Waals surface area (Å²) in [5.74, 6) is -3.31. The Labute approximate surface area is 111 Å². The van der Waals surface area contributed by atoms with Crippen molar-refractivity contribution in [3.05, 3.63) is 35.1 Å². The molecular weight excluding hydrogens is 282 g/mol. The molecule has 1 aromatic rings. The normalized spacial score (nSPS) is 11.2. The standard InChI is InChI=1S/C12H11F4NO3/c1-17(5-4-10(18)19)11(20)8-3-2-7(13)6-9(8)12(14,15)16/h2-3,6H,4-5H2,1H3,(H,18,19). The van der Waals surface area contributed by atoms with Gasteiger partial charge in [0.2, 0.25) is 0 Å². The van der Waals surface area contributed by atoms with Crippen molar-refractivity contribution in [3.8, 4) is 0 Å². The van der Waals surface area contributed by atoms with Crippen LogP contribution in [-0.4, -0.2) is 35.5 Å². The van der Waals surface area contributed by atoms with Crippen LogP contribution < -0.4 is 0 Å². The van der Waals surface area contributed by atoms with E-state index in [2.05, 4.69) is 0 Å². The number of carboxylic acids is 1. The van der Waals surface area contributed by atoms with Gasteiger partial charge in [0.25, 0.3) is 5.91 Å². The Morgan fingerprint density at radius 3 is 2.40 bits per heavy atom. The minimum absolute atomic E-state index is 0.234. The molecule has 0 heterocycles. The van der Waals surface area contributed by atoms with Crippen LogP contribution in [0.2, 0.25) is 0 Å². The van der Waals surface area contributed by atoms with Crippen LogP contribution in [0.5, 0.6) is 0 Å². The molecule has 0 bridgehead atoms. The molecule has 1 rings (SSSR count). The van der Waals surface area contributed by atoms with E-state index in [1.807, 2.05) is 0 Å². The maximum Gasteiger partial charge on any atom is 0.417 e. The van der Waals surface area contributed by atoms with E-state index in [0.29, 0.717) is 0 Å². The second kappa shape index (κ2) is 5.89. The number of hydrogen-bond donors (Lipinski definition) is 1. The van der Waals surface area contributed by atoms with E-state index in [0.717, 1.165) is 17.0 Å². The summed E-state index contributed by atoms with van der Waals surface area (Å²) in [6.07, 6.45) is -5.27. The summed E-state index contributed by atoms with van der Waals surface area (Å²) < 4.78 is 51.1. The number of alkyl halides is 3. The SMILES string of the molecule is CN(CCC(=O)O)C(=O)c1ccc(F)cc1C(F)(F)F. The molecule has 0 aliphatic carbocycles. The van der Waals surface area contributed by atoms with E-state index < -0.39 is 41.4 Å². The monoisotopic (exact) mass is 293 g/mol. The average Bonchev–Trinajstić information content (AvgIpc) is 2.33. The lowest BCUT2D eigenvalue weighted by Gasteiger charge is -2.19. The van der Waals surface area contributed by atoms with Crippen molar-refractivity contribution in [2.24, 2.45) is 0 Å². The summed E-state index contributed by atoms with van der Waals surface area (Å²) in [5.41, 5.74) is -2.10. The zero-order valence-electron chi connectivity index (χ0n) is 10.4. The summed E-state index contributed by atoms with van der Waals surface area (Å²) in [6.45, 7) is -0.247. The Morgan fingerprint density at radius 2 is 1.90 bits per heavy atom. The Kier molecular flexibility index (Phi) is 4.69. The van der Waals surface area contributed by atoms with Gasteiger partial charge in [0.15, 0.2) is 0 Å². The van der Waals surface area contributed by atoms with Gasteiger partial charge in [0.1, 0.15) is 5.82 Å². The minimum Gasteiger partial charge on any atom is -0.481 e. The van der Waals surface area contributed by atoms with Crippen molar-refractivity contribution < 1.29 is 32.3 Å². The number of aliphatic carboxylic acids is 1. The number of benzene rings is 1. The van der Waals surface area contributed by atoms with Gasteiger partial charge >= 0.3 is 12.1 Å². The molecule has 8 heteroatoms. The number of carboxylic acid groups (broad SMARTS) is 1. The molecule has 0 aromatic heterocycles. The molecule has 1 amide bonds. The number of carbonyl (C=O) groups excluding carboxylic acids is 1. The van der Waals surface area contributed by atoms with Crippen molar-refractivity contribution in [2.45, 2.75) is 12.6 Å². The first-order valence-electron chi connectivity index (χ1n) is 5.47. The minimum atomic E-state index is -4.87. The first-order valence-corrected chi connectivity index (χ1v) is 5.47. The van der Waals surface area contributed by atoms with Gasteiger partial charge in [-0.2, -0.15) is 13.2 Å². The molecule has 110 valence electrons. The van der Waals surface area contributed by atoms with Crippen molar-refractivity contribution in [3.63, 3.8) is 0 Å². The molecule has 0 saturated carbocycles. The number of carbonyl (C=O) groups is 2. The summed E-state index contributed by atoms with van der Waals surface area (Å²) in [4.78, 5) is 23.1. The fourth-order valence-electron chi connectivity index (χ4n) is 1.51. The Bertz CT molecular complexity index is 528. The molecule has 1 N–H and O–H groups in total. The smallest absolute Gasteiger partial charge is 0.417 e. The number of amides is 1. The Morgan fingerprint density at radius 1 is 1.30 bits per heavy atom. The molecule has 0 fully saturated rings. The fraction of sp³-hybridized carbons (Fsp3) is 0.333. The van der Waals surface area contributed by atoms with Crippen LogP contribution in [-0.2, 0) is 11.0 Å². The molecule has 0 radical (unpaired) electrons. The molecule has 20 heavy (non-hydrogen) atoms. The van der Waals surface area contributed by atoms with E-state index in [9.17, 15) is 27.2 Å². The second-order valence-corrected chi connectivity index (χ2v) is 4.06. The predicted octanol–water partition coefficient (Wildman–Crippen LogP) is 2.39. The Hall–Kier alpha value is -2.12. The third-order valence-corrected chi connectivity index (χ3v) is 2.53. The van der Waals surface area contributed by atoms with Crippen molar-refractivity contribution in [1.82, 2.24) is 4.90 Å². The lowest BCUT2D eigenvalue weighted by Crippen LogP contribution is -2.30. The highest BCUT2D eigenvalue weighted by Gasteiger charge is 2.36. The van der Waals surface area contributed by atoms with E-state index in [1.165, 1.54) is 7.05 Å². The molecule has 0 atom stereocenters. The highest BCUT2D eigenvalue weighted by Crippen LogP contribution is 2.33.